The van der Waals surface area contributed by atoms with Gasteiger partial charge in [0.15, 0.2) is 5.13 Å². The zero-order valence-electron chi connectivity index (χ0n) is 16.0. The van der Waals surface area contributed by atoms with E-state index in [1.165, 1.54) is 10.6 Å². The third-order valence-corrected chi connectivity index (χ3v) is 7.07. The van der Waals surface area contributed by atoms with Crippen molar-refractivity contribution in [1.29, 1.82) is 0 Å². The third-order valence-electron chi connectivity index (χ3n) is 4.85. The van der Waals surface area contributed by atoms with Crippen molar-refractivity contribution in [2.45, 2.75) is 18.9 Å². The predicted molar refractivity (Wildman–Crippen MR) is 113 cm³/mol. The molecule has 2 aromatic rings. The Morgan fingerprint density at radius 2 is 2.21 bits per heavy atom. The number of piperidine rings is 1. The summed E-state index contributed by atoms with van der Waals surface area (Å²) in [6.45, 7) is 1.91. The Balaban J connectivity index is 1.45. The van der Waals surface area contributed by atoms with E-state index in [2.05, 4.69) is 15.2 Å². The van der Waals surface area contributed by atoms with E-state index in [0.29, 0.717) is 13.1 Å². The second kappa shape index (κ2) is 7.73. The number of hydrogen-bond acceptors (Lipinski definition) is 7. The van der Waals surface area contributed by atoms with Crippen LogP contribution in [0.4, 0.5) is 5.13 Å². The first-order valence-electron chi connectivity index (χ1n) is 9.25. The largest absolute Gasteiger partial charge is 0.458 e. The lowest BCUT2D eigenvalue weighted by atomic mass is 10.1. The van der Waals surface area contributed by atoms with Gasteiger partial charge in [0.1, 0.15) is 11.5 Å². The van der Waals surface area contributed by atoms with Crippen molar-refractivity contribution >= 4 is 36.7 Å². The van der Waals surface area contributed by atoms with Crippen molar-refractivity contribution in [3.8, 4) is 5.75 Å². The van der Waals surface area contributed by atoms with Crippen molar-refractivity contribution < 1.29 is 13.2 Å². The molecule has 0 unspecified atom stereocenters. The predicted octanol–water partition coefficient (Wildman–Crippen LogP) is 2.85. The lowest BCUT2D eigenvalue weighted by Crippen LogP contribution is -2.44. The molecule has 7 nitrogen and oxygen atoms in total. The molecule has 0 aliphatic carbocycles. The highest BCUT2D eigenvalue weighted by Gasteiger charge is 2.26. The number of likely N-dealkylation sites (N-methyl/N-ethyl adjacent to an activating group) is 1. The van der Waals surface area contributed by atoms with Crippen LogP contribution in [-0.2, 0) is 10.0 Å². The van der Waals surface area contributed by atoms with Crippen molar-refractivity contribution in [2.75, 3.05) is 38.3 Å². The maximum atomic E-state index is 11.8. The van der Waals surface area contributed by atoms with E-state index in [1.54, 1.807) is 11.3 Å². The van der Waals surface area contributed by atoms with Crippen LogP contribution in [-0.4, -0.2) is 61.6 Å². The highest BCUT2D eigenvalue weighted by atomic mass is 32.2. The number of fused-ring (bicyclic) bond motifs is 1. The number of anilines is 1. The van der Waals surface area contributed by atoms with Gasteiger partial charge in [0, 0.05) is 45.0 Å². The van der Waals surface area contributed by atoms with Crippen LogP contribution in [0.1, 0.15) is 12.8 Å². The molecular formula is C19H24N4O3S2. The Kier molecular flexibility index (Phi) is 5.31. The average Bonchev–Trinajstić information content (AvgIpc) is 3.04. The van der Waals surface area contributed by atoms with Gasteiger partial charge < -0.3 is 15.0 Å². The smallest absolute Gasteiger partial charge is 0.211 e. The first kappa shape index (κ1) is 19.2. The number of nitrogens with zero attached hydrogens (tertiary/aromatic N) is 3. The normalized spacial score (nSPS) is 21.0. The van der Waals surface area contributed by atoms with Gasteiger partial charge in [-0.25, -0.2) is 17.7 Å². The van der Waals surface area contributed by atoms with Crippen LogP contribution < -0.4 is 10.1 Å². The molecule has 0 amide bonds. The summed E-state index contributed by atoms with van der Waals surface area (Å²) in [5.41, 5.74) is 0.906. The number of allylic oxidation sites excluding steroid dienone is 1. The summed E-state index contributed by atoms with van der Waals surface area (Å²) in [4.78, 5) is 6.72. The zero-order chi connectivity index (χ0) is 19.7. The maximum absolute atomic E-state index is 11.8. The molecule has 1 aromatic heterocycles. The lowest BCUT2D eigenvalue weighted by Gasteiger charge is -2.31. The number of benzene rings is 1. The standard InChI is InChI=1S/C19H24N4O3S2/c1-22-10-7-15(8-11-22)26-16-5-6-17-18(12-16)27-19(21-17)20-14-4-3-9-23(13-14)28(2,24)25/h5-8,10,12,14H,3-4,9,11,13H2,1-2H3,(H,20,21)/t14-/m0/s1. The van der Waals surface area contributed by atoms with Gasteiger partial charge in [0.2, 0.25) is 10.0 Å². The van der Waals surface area contributed by atoms with E-state index < -0.39 is 10.0 Å². The fourth-order valence-electron chi connectivity index (χ4n) is 3.34. The summed E-state index contributed by atoms with van der Waals surface area (Å²) in [6, 6.07) is 5.95. The number of nitrogens with one attached hydrogen (secondary N) is 1. The zero-order valence-corrected chi connectivity index (χ0v) is 17.6. The molecule has 2 aliphatic rings. The molecule has 0 saturated carbocycles. The van der Waals surface area contributed by atoms with Crippen LogP contribution in [0, 0.1) is 0 Å². The fourth-order valence-corrected chi connectivity index (χ4v) is 5.22. The van der Waals surface area contributed by atoms with Gasteiger partial charge in [-0.2, -0.15) is 0 Å². The molecule has 0 spiro atoms. The van der Waals surface area contributed by atoms with Crippen LogP contribution in [0.2, 0.25) is 0 Å². The first-order chi connectivity index (χ1) is 13.4. The summed E-state index contributed by atoms with van der Waals surface area (Å²) in [5.74, 6) is 1.62. The van der Waals surface area contributed by atoms with Crippen LogP contribution in [0.15, 0.2) is 42.3 Å². The second-order valence-electron chi connectivity index (χ2n) is 7.22. The topological polar surface area (TPSA) is 74.8 Å². The lowest BCUT2D eigenvalue weighted by molar-refractivity contribution is 0.329. The van der Waals surface area contributed by atoms with Gasteiger partial charge >= 0.3 is 0 Å². The molecule has 0 bridgehead atoms. The van der Waals surface area contributed by atoms with Crippen LogP contribution >= 0.6 is 11.3 Å². The Morgan fingerprint density at radius 1 is 1.36 bits per heavy atom. The van der Waals surface area contributed by atoms with E-state index in [0.717, 1.165) is 46.2 Å². The molecule has 1 aromatic carbocycles. The summed E-state index contributed by atoms with van der Waals surface area (Å²) >= 11 is 1.56. The average molecular weight is 421 g/mol. The Bertz CT molecular complexity index is 1030. The molecule has 9 heteroatoms. The number of thiazole rings is 1. The van der Waals surface area contributed by atoms with Crippen molar-refractivity contribution in [2.24, 2.45) is 0 Å². The van der Waals surface area contributed by atoms with E-state index in [9.17, 15) is 8.42 Å². The number of sulfonamides is 1. The third kappa shape index (κ3) is 4.48. The molecule has 2 aliphatic heterocycles. The van der Waals surface area contributed by atoms with Crippen LogP contribution in [0.5, 0.6) is 5.75 Å². The van der Waals surface area contributed by atoms with Crippen molar-refractivity contribution in [3.05, 3.63) is 42.3 Å². The second-order valence-corrected chi connectivity index (χ2v) is 10.2. The minimum absolute atomic E-state index is 0.0780. The molecule has 1 N–H and O–H groups in total. The molecule has 4 rings (SSSR count). The molecule has 150 valence electrons. The molecule has 1 saturated heterocycles. The van der Waals surface area contributed by atoms with E-state index in [1.807, 2.05) is 43.6 Å². The number of hydrogen-bond donors (Lipinski definition) is 1. The summed E-state index contributed by atoms with van der Waals surface area (Å²) in [5, 5.41) is 4.22. The van der Waals surface area contributed by atoms with Gasteiger partial charge in [0.25, 0.3) is 0 Å². The summed E-state index contributed by atoms with van der Waals surface area (Å²) in [6.07, 6.45) is 9.04. The summed E-state index contributed by atoms with van der Waals surface area (Å²) < 4.78 is 32.1. The number of aromatic nitrogens is 1. The van der Waals surface area contributed by atoms with E-state index in [4.69, 9.17) is 4.74 Å². The van der Waals surface area contributed by atoms with Crippen molar-refractivity contribution in [3.63, 3.8) is 0 Å². The van der Waals surface area contributed by atoms with Crippen LogP contribution in [0.25, 0.3) is 10.2 Å². The molecular weight excluding hydrogens is 396 g/mol. The molecule has 3 heterocycles. The Labute approximate surface area is 169 Å². The Morgan fingerprint density at radius 3 is 2.96 bits per heavy atom. The molecule has 1 atom stereocenters. The SMILES string of the molecule is CN1C=CC(Oc2ccc3nc(N[C@H]4CCCN(S(C)(=O)=O)C4)sc3c2)=CC1. The Hall–Kier alpha value is -2.10. The quantitative estimate of drug-likeness (QED) is 0.802. The van der Waals surface area contributed by atoms with E-state index >= 15 is 0 Å². The first-order valence-corrected chi connectivity index (χ1v) is 11.9. The minimum Gasteiger partial charge on any atom is -0.458 e. The fraction of sp³-hybridized carbons (Fsp3) is 0.421. The van der Waals surface area contributed by atoms with Crippen LogP contribution in [0.3, 0.4) is 0 Å². The highest BCUT2D eigenvalue weighted by Crippen LogP contribution is 2.31. The highest BCUT2D eigenvalue weighted by molar-refractivity contribution is 7.88. The monoisotopic (exact) mass is 420 g/mol. The molecule has 1 fully saturated rings. The van der Waals surface area contributed by atoms with Crippen molar-refractivity contribution in [1.82, 2.24) is 14.2 Å². The summed E-state index contributed by atoms with van der Waals surface area (Å²) in [7, 11) is -1.14. The van der Waals surface area contributed by atoms with Gasteiger partial charge in [0.05, 0.1) is 16.5 Å². The number of ether oxygens (including phenoxy) is 1. The van der Waals surface area contributed by atoms with Gasteiger partial charge in [-0.1, -0.05) is 11.3 Å². The minimum atomic E-state index is -3.15. The molecule has 28 heavy (non-hydrogen) atoms. The number of rotatable bonds is 5. The van der Waals surface area contributed by atoms with Gasteiger partial charge in [-0.3, -0.25) is 0 Å². The van der Waals surface area contributed by atoms with E-state index in [-0.39, 0.29) is 6.04 Å². The maximum Gasteiger partial charge on any atom is 0.211 e. The molecule has 0 radical (unpaired) electrons. The van der Waals surface area contributed by atoms with Gasteiger partial charge in [-0.05, 0) is 37.1 Å². The van der Waals surface area contributed by atoms with Gasteiger partial charge in [-0.15, -0.1) is 0 Å².